The molecule has 2 bridgehead atoms. The van der Waals surface area contributed by atoms with E-state index in [2.05, 4.69) is 49.4 Å². The van der Waals surface area contributed by atoms with Crippen LogP contribution in [0.2, 0.25) is 0 Å². The molecule has 0 amide bonds. The molecule has 18 heavy (non-hydrogen) atoms. The molecule has 3 heteroatoms. The predicted molar refractivity (Wildman–Crippen MR) is 79.2 cm³/mol. The van der Waals surface area contributed by atoms with Gasteiger partial charge in [-0.3, -0.25) is 0 Å². The van der Waals surface area contributed by atoms with E-state index in [1.165, 1.54) is 24.0 Å². The first-order valence-corrected chi connectivity index (χ1v) is 7.45. The Morgan fingerprint density at radius 1 is 1.39 bits per heavy atom. The van der Waals surface area contributed by atoms with Crippen molar-refractivity contribution in [2.75, 3.05) is 0 Å². The molecule has 2 aliphatic rings. The third kappa shape index (κ3) is 1.21. The number of benzene rings is 1. The van der Waals surface area contributed by atoms with Crippen LogP contribution < -0.4 is 0 Å². The molecule has 1 N–H and O–H groups in total. The Morgan fingerprint density at radius 2 is 2.06 bits per heavy atom. The number of fused-ring (bicyclic) bond motifs is 5. The number of aromatic carboxylic acids is 1. The van der Waals surface area contributed by atoms with Gasteiger partial charge < -0.3 is 5.11 Å². The van der Waals surface area contributed by atoms with Crippen molar-refractivity contribution in [2.45, 2.75) is 44.9 Å². The maximum atomic E-state index is 11.3. The maximum absolute atomic E-state index is 11.3. The summed E-state index contributed by atoms with van der Waals surface area (Å²) in [5.41, 5.74) is 3.53. The minimum atomic E-state index is -0.814. The molecule has 96 valence electrons. The molecule has 0 aromatic heterocycles. The average molecular weight is 356 g/mol. The minimum absolute atomic E-state index is 0.134. The summed E-state index contributed by atoms with van der Waals surface area (Å²) in [6, 6.07) is 3.83. The van der Waals surface area contributed by atoms with Gasteiger partial charge in [-0.1, -0.05) is 26.8 Å². The number of hydrogen-bond donors (Lipinski definition) is 1. The van der Waals surface area contributed by atoms with E-state index in [1.807, 2.05) is 0 Å². The number of carboxylic acid groups (broad SMARTS) is 1. The van der Waals surface area contributed by atoms with Gasteiger partial charge in [-0.05, 0) is 69.4 Å². The second-order valence-corrected chi connectivity index (χ2v) is 7.42. The van der Waals surface area contributed by atoms with E-state index < -0.39 is 5.97 Å². The van der Waals surface area contributed by atoms with Crippen molar-refractivity contribution in [3.63, 3.8) is 0 Å². The highest BCUT2D eigenvalue weighted by Gasteiger charge is 2.60. The van der Waals surface area contributed by atoms with Crippen LogP contribution in [0.4, 0.5) is 0 Å². The first kappa shape index (κ1) is 12.5. The maximum Gasteiger partial charge on any atom is 0.336 e. The molecule has 2 nitrogen and oxygen atoms in total. The molecule has 1 saturated carbocycles. The summed E-state index contributed by atoms with van der Waals surface area (Å²) in [5.74, 6) is -0.222. The van der Waals surface area contributed by atoms with Crippen molar-refractivity contribution >= 4 is 28.6 Å². The van der Waals surface area contributed by atoms with Crippen LogP contribution in [-0.2, 0) is 5.41 Å². The second-order valence-electron chi connectivity index (χ2n) is 6.34. The number of hydrogen-bond acceptors (Lipinski definition) is 1. The van der Waals surface area contributed by atoms with Crippen molar-refractivity contribution in [3.05, 3.63) is 32.4 Å². The lowest BCUT2D eigenvalue weighted by molar-refractivity contribution is 0.0695. The zero-order valence-corrected chi connectivity index (χ0v) is 13.0. The van der Waals surface area contributed by atoms with Crippen molar-refractivity contribution in [1.82, 2.24) is 0 Å². The van der Waals surface area contributed by atoms with Gasteiger partial charge >= 0.3 is 5.97 Å². The molecular weight excluding hydrogens is 339 g/mol. The fourth-order valence-corrected chi connectivity index (χ4v) is 5.42. The monoisotopic (exact) mass is 356 g/mol. The Labute approximate surface area is 121 Å². The fraction of sp³-hybridized carbons (Fsp3) is 0.533. The molecule has 3 rings (SSSR count). The van der Waals surface area contributed by atoms with E-state index in [4.69, 9.17) is 0 Å². The molecule has 0 saturated heterocycles. The number of carbonyl (C=O) groups is 1. The Morgan fingerprint density at radius 3 is 2.67 bits per heavy atom. The third-order valence-electron chi connectivity index (χ3n) is 5.56. The zero-order chi connectivity index (χ0) is 13.3. The van der Waals surface area contributed by atoms with Crippen LogP contribution in [0.5, 0.6) is 0 Å². The molecule has 2 atom stereocenters. The van der Waals surface area contributed by atoms with Crippen molar-refractivity contribution < 1.29 is 9.90 Å². The molecule has 0 heterocycles. The summed E-state index contributed by atoms with van der Waals surface area (Å²) in [4.78, 5) is 11.3. The SMILES string of the molecule is CC1(C)[C@@H]2CC[C@@]1(C)c1c2ccc(C(=O)O)c1I. The Balaban J connectivity index is 2.31. The van der Waals surface area contributed by atoms with Gasteiger partial charge in [-0.15, -0.1) is 0 Å². The van der Waals surface area contributed by atoms with Crippen LogP contribution >= 0.6 is 22.6 Å². The van der Waals surface area contributed by atoms with Crippen molar-refractivity contribution in [3.8, 4) is 0 Å². The van der Waals surface area contributed by atoms with Crippen molar-refractivity contribution in [2.24, 2.45) is 5.41 Å². The number of carboxylic acids is 1. The fourth-order valence-electron chi connectivity index (χ4n) is 4.10. The topological polar surface area (TPSA) is 37.3 Å². The molecular formula is C15H17IO2. The quantitative estimate of drug-likeness (QED) is 0.767. The molecule has 0 aliphatic heterocycles. The van der Waals surface area contributed by atoms with Gasteiger partial charge in [0.05, 0.1) is 5.56 Å². The van der Waals surface area contributed by atoms with Gasteiger partial charge in [0.25, 0.3) is 0 Å². The Kier molecular flexibility index (Phi) is 2.42. The van der Waals surface area contributed by atoms with Gasteiger partial charge in [-0.2, -0.15) is 0 Å². The first-order chi connectivity index (χ1) is 8.30. The van der Waals surface area contributed by atoms with Gasteiger partial charge in [0.15, 0.2) is 0 Å². The molecule has 1 fully saturated rings. The predicted octanol–water partition coefficient (Wildman–Crippen LogP) is 4.16. The van der Waals surface area contributed by atoms with Gasteiger partial charge in [0, 0.05) is 3.57 Å². The van der Waals surface area contributed by atoms with Crippen LogP contribution in [0.15, 0.2) is 12.1 Å². The molecule has 2 aliphatic carbocycles. The standard InChI is InChI=1S/C15H17IO2/c1-14(2)10-6-7-15(14,3)11-8(10)4-5-9(12(11)16)13(17)18/h4-5,10H,6-7H2,1-3H3,(H,17,18)/t10-,15+/m1/s1. The number of rotatable bonds is 1. The molecule has 0 unspecified atom stereocenters. The molecule has 0 spiro atoms. The average Bonchev–Trinajstić information content (AvgIpc) is 2.59. The van der Waals surface area contributed by atoms with Crippen LogP contribution in [0, 0.1) is 8.99 Å². The van der Waals surface area contributed by atoms with E-state index in [0.717, 1.165) is 3.57 Å². The molecule has 0 radical (unpaired) electrons. The summed E-state index contributed by atoms with van der Waals surface area (Å²) in [7, 11) is 0. The molecule has 1 aromatic rings. The molecule has 1 aromatic carbocycles. The van der Waals surface area contributed by atoms with E-state index in [-0.39, 0.29) is 10.8 Å². The highest BCUT2D eigenvalue weighted by atomic mass is 127. The summed E-state index contributed by atoms with van der Waals surface area (Å²) in [5, 5.41) is 9.28. The van der Waals surface area contributed by atoms with Crippen LogP contribution in [0.1, 0.15) is 61.0 Å². The van der Waals surface area contributed by atoms with E-state index in [0.29, 0.717) is 11.5 Å². The lowest BCUT2D eigenvalue weighted by Crippen LogP contribution is -2.32. The first-order valence-electron chi connectivity index (χ1n) is 6.37. The summed E-state index contributed by atoms with van der Waals surface area (Å²) in [6.45, 7) is 6.98. The van der Waals surface area contributed by atoms with Gasteiger partial charge in [0.2, 0.25) is 0 Å². The van der Waals surface area contributed by atoms with Crippen LogP contribution in [0.25, 0.3) is 0 Å². The highest BCUT2D eigenvalue weighted by molar-refractivity contribution is 14.1. The van der Waals surface area contributed by atoms with Crippen LogP contribution in [0.3, 0.4) is 0 Å². The summed E-state index contributed by atoms with van der Waals surface area (Å²) in [6.07, 6.45) is 2.41. The Hall–Kier alpha value is -0.580. The van der Waals surface area contributed by atoms with Crippen LogP contribution in [-0.4, -0.2) is 11.1 Å². The number of halogens is 1. The Bertz CT molecular complexity index is 562. The lowest BCUT2D eigenvalue weighted by Gasteiger charge is -2.36. The highest BCUT2D eigenvalue weighted by Crippen LogP contribution is 2.68. The normalized spacial score (nSPS) is 31.4. The summed E-state index contributed by atoms with van der Waals surface area (Å²) < 4.78 is 0.954. The smallest absolute Gasteiger partial charge is 0.336 e. The zero-order valence-electron chi connectivity index (χ0n) is 10.9. The third-order valence-corrected chi connectivity index (χ3v) is 6.68. The summed E-state index contributed by atoms with van der Waals surface area (Å²) >= 11 is 2.23. The van der Waals surface area contributed by atoms with E-state index >= 15 is 0 Å². The largest absolute Gasteiger partial charge is 0.478 e. The lowest BCUT2D eigenvalue weighted by atomic mass is 9.68. The van der Waals surface area contributed by atoms with Crippen molar-refractivity contribution in [1.29, 1.82) is 0 Å². The second kappa shape index (κ2) is 3.50. The minimum Gasteiger partial charge on any atom is -0.478 e. The van der Waals surface area contributed by atoms with E-state index in [1.54, 1.807) is 6.07 Å². The van der Waals surface area contributed by atoms with Gasteiger partial charge in [0.1, 0.15) is 0 Å². The van der Waals surface area contributed by atoms with Gasteiger partial charge in [-0.25, -0.2) is 4.79 Å². The van der Waals surface area contributed by atoms with E-state index in [9.17, 15) is 9.90 Å².